The number of rotatable bonds is 4. The summed E-state index contributed by atoms with van der Waals surface area (Å²) in [5.41, 5.74) is 1.79. The number of hydrogen-bond donors (Lipinski definition) is 1. The molecule has 0 fully saturated rings. The van der Waals surface area contributed by atoms with Crippen LogP contribution in [0.15, 0.2) is 22.6 Å². The Morgan fingerprint density at radius 2 is 2.06 bits per heavy atom. The van der Waals surface area contributed by atoms with Gasteiger partial charge in [-0.05, 0) is 37.5 Å². The Labute approximate surface area is 107 Å². The Bertz CT molecular complexity index is 540. The molecule has 0 saturated carbocycles. The highest BCUT2D eigenvalue weighted by Gasteiger charge is 2.19. The quantitative estimate of drug-likeness (QED) is 0.894. The van der Waals surface area contributed by atoms with Gasteiger partial charge in [0.05, 0.1) is 7.11 Å². The van der Waals surface area contributed by atoms with E-state index in [4.69, 9.17) is 9.15 Å². The lowest BCUT2D eigenvalue weighted by Gasteiger charge is -2.11. The smallest absolute Gasteiger partial charge is 0.136 e. The molecule has 1 N–H and O–H groups in total. The Balaban J connectivity index is 2.43. The zero-order valence-corrected chi connectivity index (χ0v) is 11.4. The minimum atomic E-state index is -0.539. The molecule has 0 bridgehead atoms. The van der Waals surface area contributed by atoms with E-state index in [9.17, 15) is 5.11 Å². The molecule has 0 aliphatic carbocycles. The van der Waals surface area contributed by atoms with E-state index in [0.717, 1.165) is 22.3 Å². The van der Waals surface area contributed by atoms with Gasteiger partial charge in [-0.25, -0.2) is 0 Å². The van der Waals surface area contributed by atoms with Gasteiger partial charge in [-0.3, -0.25) is 0 Å². The summed E-state index contributed by atoms with van der Waals surface area (Å²) in [6.45, 7) is 6.15. The van der Waals surface area contributed by atoms with Gasteiger partial charge >= 0.3 is 0 Å². The third-order valence-corrected chi connectivity index (χ3v) is 3.18. The highest BCUT2D eigenvalue weighted by Crippen LogP contribution is 2.33. The molecule has 0 saturated heterocycles. The number of aliphatic hydroxyl groups is 1. The Kier molecular flexibility index (Phi) is 3.62. The Morgan fingerprint density at radius 3 is 2.67 bits per heavy atom. The van der Waals surface area contributed by atoms with Crippen LogP contribution in [0.2, 0.25) is 0 Å². The van der Waals surface area contributed by atoms with Crippen LogP contribution in [0.1, 0.15) is 37.7 Å². The molecule has 0 amide bonds. The van der Waals surface area contributed by atoms with Gasteiger partial charge in [0.2, 0.25) is 0 Å². The average Bonchev–Trinajstić information content (AvgIpc) is 2.65. The molecule has 1 unspecified atom stereocenters. The van der Waals surface area contributed by atoms with E-state index in [2.05, 4.69) is 13.8 Å². The van der Waals surface area contributed by atoms with Crippen LogP contribution in [-0.2, 0) is 0 Å². The maximum Gasteiger partial charge on any atom is 0.136 e. The van der Waals surface area contributed by atoms with E-state index in [0.29, 0.717) is 18.1 Å². The summed E-state index contributed by atoms with van der Waals surface area (Å²) in [5.74, 6) is 1.91. The van der Waals surface area contributed by atoms with Crippen molar-refractivity contribution in [1.82, 2.24) is 0 Å². The fourth-order valence-electron chi connectivity index (χ4n) is 2.22. The van der Waals surface area contributed by atoms with E-state index in [-0.39, 0.29) is 0 Å². The van der Waals surface area contributed by atoms with Crippen LogP contribution in [0.5, 0.6) is 5.75 Å². The first-order chi connectivity index (χ1) is 8.52. The first-order valence-electron chi connectivity index (χ1n) is 6.28. The number of hydrogen-bond acceptors (Lipinski definition) is 3. The second-order valence-corrected chi connectivity index (χ2v) is 5.10. The Hall–Kier alpha value is -1.48. The normalized spacial score (nSPS) is 13.2. The van der Waals surface area contributed by atoms with Crippen LogP contribution in [0, 0.1) is 12.8 Å². The van der Waals surface area contributed by atoms with E-state index < -0.39 is 6.10 Å². The summed E-state index contributed by atoms with van der Waals surface area (Å²) in [4.78, 5) is 0. The van der Waals surface area contributed by atoms with E-state index in [1.807, 2.05) is 25.1 Å². The second-order valence-electron chi connectivity index (χ2n) is 5.10. The molecule has 18 heavy (non-hydrogen) atoms. The monoisotopic (exact) mass is 248 g/mol. The van der Waals surface area contributed by atoms with Crippen LogP contribution in [0.4, 0.5) is 0 Å². The SMILES string of the molecule is COc1ccc2oc(C(O)CC(C)C)c(C)c2c1. The van der Waals surface area contributed by atoms with Gasteiger partial charge in [-0.2, -0.15) is 0 Å². The molecule has 0 radical (unpaired) electrons. The maximum absolute atomic E-state index is 10.2. The van der Waals surface area contributed by atoms with Crippen molar-refractivity contribution in [3.8, 4) is 5.75 Å². The van der Waals surface area contributed by atoms with Crippen molar-refractivity contribution < 1.29 is 14.3 Å². The molecule has 1 aromatic heterocycles. The third kappa shape index (κ3) is 2.36. The summed E-state index contributed by atoms with van der Waals surface area (Å²) >= 11 is 0. The second kappa shape index (κ2) is 5.02. The maximum atomic E-state index is 10.2. The van der Waals surface area contributed by atoms with Crippen molar-refractivity contribution in [3.63, 3.8) is 0 Å². The summed E-state index contributed by atoms with van der Waals surface area (Å²) < 4.78 is 11.0. The van der Waals surface area contributed by atoms with E-state index in [1.165, 1.54) is 0 Å². The molecule has 0 spiro atoms. The fourth-order valence-corrected chi connectivity index (χ4v) is 2.22. The average molecular weight is 248 g/mol. The first-order valence-corrected chi connectivity index (χ1v) is 6.28. The van der Waals surface area contributed by atoms with Gasteiger partial charge < -0.3 is 14.3 Å². The molecule has 1 heterocycles. The predicted octanol–water partition coefficient (Wildman–Crippen LogP) is 3.83. The Morgan fingerprint density at radius 1 is 1.33 bits per heavy atom. The van der Waals surface area contributed by atoms with Crippen molar-refractivity contribution in [3.05, 3.63) is 29.5 Å². The molecule has 2 rings (SSSR count). The van der Waals surface area contributed by atoms with Crippen molar-refractivity contribution in [2.45, 2.75) is 33.3 Å². The van der Waals surface area contributed by atoms with Crippen molar-refractivity contribution >= 4 is 11.0 Å². The minimum Gasteiger partial charge on any atom is -0.497 e. The highest BCUT2D eigenvalue weighted by atomic mass is 16.5. The van der Waals surface area contributed by atoms with Crippen LogP contribution in [0.3, 0.4) is 0 Å². The van der Waals surface area contributed by atoms with Crippen LogP contribution < -0.4 is 4.74 Å². The lowest BCUT2D eigenvalue weighted by Crippen LogP contribution is -2.01. The van der Waals surface area contributed by atoms with Crippen LogP contribution in [0.25, 0.3) is 11.0 Å². The lowest BCUT2D eigenvalue weighted by molar-refractivity contribution is 0.127. The molecule has 3 nitrogen and oxygen atoms in total. The molecule has 1 atom stereocenters. The van der Waals surface area contributed by atoms with Gasteiger partial charge in [0.15, 0.2) is 0 Å². The number of fused-ring (bicyclic) bond motifs is 1. The van der Waals surface area contributed by atoms with Gasteiger partial charge in [-0.1, -0.05) is 13.8 Å². The molecular formula is C15H20O3. The van der Waals surface area contributed by atoms with Crippen molar-refractivity contribution in [2.75, 3.05) is 7.11 Å². The zero-order valence-electron chi connectivity index (χ0n) is 11.4. The van der Waals surface area contributed by atoms with Crippen LogP contribution >= 0.6 is 0 Å². The molecule has 98 valence electrons. The van der Waals surface area contributed by atoms with Gasteiger partial charge in [0.1, 0.15) is 23.2 Å². The number of aliphatic hydroxyl groups excluding tert-OH is 1. The van der Waals surface area contributed by atoms with Crippen LogP contribution in [-0.4, -0.2) is 12.2 Å². The third-order valence-electron chi connectivity index (χ3n) is 3.18. The number of ether oxygens (including phenoxy) is 1. The minimum absolute atomic E-state index is 0.433. The molecule has 1 aromatic carbocycles. The first kappa shape index (κ1) is 13.0. The van der Waals surface area contributed by atoms with Gasteiger partial charge in [0.25, 0.3) is 0 Å². The summed E-state index contributed by atoms with van der Waals surface area (Å²) in [7, 11) is 1.64. The topological polar surface area (TPSA) is 42.6 Å². The highest BCUT2D eigenvalue weighted by molar-refractivity contribution is 5.83. The zero-order chi connectivity index (χ0) is 13.3. The van der Waals surface area contributed by atoms with E-state index >= 15 is 0 Å². The predicted molar refractivity (Wildman–Crippen MR) is 71.9 cm³/mol. The molecule has 2 aromatic rings. The standard InChI is InChI=1S/C15H20O3/c1-9(2)7-13(16)15-10(3)12-8-11(17-4)5-6-14(12)18-15/h5-6,8-9,13,16H,7H2,1-4H3. The summed E-state index contributed by atoms with van der Waals surface area (Å²) in [6, 6.07) is 5.69. The number of benzene rings is 1. The fraction of sp³-hybridized carbons (Fsp3) is 0.467. The number of aryl methyl sites for hydroxylation is 1. The van der Waals surface area contributed by atoms with E-state index in [1.54, 1.807) is 7.11 Å². The van der Waals surface area contributed by atoms with Gasteiger partial charge in [0, 0.05) is 10.9 Å². The molecular weight excluding hydrogens is 228 g/mol. The van der Waals surface area contributed by atoms with Crippen molar-refractivity contribution in [1.29, 1.82) is 0 Å². The largest absolute Gasteiger partial charge is 0.497 e. The number of methoxy groups -OCH3 is 1. The lowest BCUT2D eigenvalue weighted by atomic mass is 10.0. The van der Waals surface area contributed by atoms with Crippen molar-refractivity contribution in [2.24, 2.45) is 5.92 Å². The van der Waals surface area contributed by atoms with Gasteiger partial charge in [-0.15, -0.1) is 0 Å². The summed E-state index contributed by atoms with van der Waals surface area (Å²) in [6.07, 6.45) is 0.168. The summed E-state index contributed by atoms with van der Waals surface area (Å²) in [5, 5.41) is 11.2. The molecule has 0 aliphatic rings. The number of furan rings is 1. The molecule has 3 heteroatoms. The molecule has 0 aliphatic heterocycles.